The zero-order valence-corrected chi connectivity index (χ0v) is 40.6. The van der Waals surface area contributed by atoms with Gasteiger partial charge in [-0.25, -0.2) is 0 Å². The van der Waals surface area contributed by atoms with Crippen LogP contribution >= 0.6 is 0 Å². The maximum atomic E-state index is 12.2. The molecule has 0 aromatic heterocycles. The number of rotatable bonds is 12. The van der Waals surface area contributed by atoms with E-state index in [0.717, 1.165) is 25.7 Å². The van der Waals surface area contributed by atoms with Crippen molar-refractivity contribution in [3.8, 4) is 0 Å². The molecule has 364 valence electrons. The van der Waals surface area contributed by atoms with Gasteiger partial charge in [-0.1, -0.05) is 41.5 Å². The summed E-state index contributed by atoms with van der Waals surface area (Å²) in [7, 11) is 5.03. The van der Waals surface area contributed by atoms with Crippen LogP contribution in [0.4, 0.5) is 0 Å². The fraction of sp³-hybridized carbons (Fsp3) is 0.979. The van der Waals surface area contributed by atoms with Crippen molar-refractivity contribution in [2.24, 2.45) is 41.4 Å². The number of carboxylic acid groups (broad SMARTS) is 1. The zero-order valence-electron chi connectivity index (χ0n) is 40.6. The Morgan fingerprint density at radius 2 is 1.44 bits per heavy atom. The first-order valence-corrected chi connectivity index (χ1v) is 24.1. The van der Waals surface area contributed by atoms with Crippen LogP contribution < -0.4 is 0 Å². The summed E-state index contributed by atoms with van der Waals surface area (Å²) in [6.07, 6.45) is 2.14. The molecule has 7 saturated heterocycles. The van der Waals surface area contributed by atoms with Crippen LogP contribution in [0, 0.1) is 41.4 Å². The molecule has 7 fully saturated rings. The zero-order chi connectivity index (χ0) is 46.2. The number of hydrogen-bond donors (Lipinski definition) is 3. The summed E-state index contributed by atoms with van der Waals surface area (Å²) in [6.45, 7) is 21.8. The molecule has 0 bridgehead atoms. The highest BCUT2D eigenvalue weighted by Crippen LogP contribution is 2.58. The van der Waals surface area contributed by atoms with Gasteiger partial charge in [-0.3, -0.25) is 4.79 Å². The lowest BCUT2D eigenvalue weighted by Gasteiger charge is -2.53. The number of methoxy groups -OCH3 is 3. The van der Waals surface area contributed by atoms with Gasteiger partial charge in [0.2, 0.25) is 0 Å². The van der Waals surface area contributed by atoms with Crippen LogP contribution in [-0.4, -0.2) is 145 Å². The van der Waals surface area contributed by atoms with Gasteiger partial charge in [0.15, 0.2) is 23.7 Å². The lowest BCUT2D eigenvalue weighted by molar-refractivity contribution is -0.367. The summed E-state index contributed by atoms with van der Waals surface area (Å²) >= 11 is 0. The molecular formula is C48H82O15. The van der Waals surface area contributed by atoms with E-state index >= 15 is 0 Å². The van der Waals surface area contributed by atoms with Crippen molar-refractivity contribution in [2.75, 3.05) is 21.3 Å². The molecule has 7 aliphatic rings. The molecule has 1 spiro atoms. The van der Waals surface area contributed by atoms with Crippen LogP contribution in [0.3, 0.4) is 0 Å². The predicted octanol–water partition coefficient (Wildman–Crippen LogP) is 6.21. The molecule has 15 nitrogen and oxygen atoms in total. The molecule has 3 N–H and O–H groups in total. The molecule has 0 radical (unpaired) electrons. The fourth-order valence-electron chi connectivity index (χ4n) is 13.2. The highest BCUT2D eigenvalue weighted by molar-refractivity contribution is 5.70. The monoisotopic (exact) mass is 899 g/mol. The van der Waals surface area contributed by atoms with Gasteiger partial charge < -0.3 is 67.4 Å². The SMILES string of the molecule is CO[C@@H]1[C@H](C)[C@H](CC2C[C@@H](OC)[C@@H](C)C3(O2)O[C@](C)([C@@H]2O[C@](C)([C@H]4CC[C@H]([C@H]5O[C@](C)(O)[C@H](C)C[C@@H]5C)O4)CC2O[C@H]2CC[C@H](OC)[C@@H](C)O2)C[C@H]3C)O[C@](O)([C@@H](C)C(=O)O)[C@H]1C. The third kappa shape index (κ3) is 9.05. The van der Waals surface area contributed by atoms with Crippen LogP contribution in [0.1, 0.15) is 134 Å². The van der Waals surface area contributed by atoms with E-state index in [1.54, 1.807) is 35.2 Å². The van der Waals surface area contributed by atoms with Crippen LogP contribution in [-0.2, 0) is 56.9 Å². The molecule has 7 rings (SSSR count). The lowest BCUT2D eigenvalue weighted by atomic mass is 9.74. The summed E-state index contributed by atoms with van der Waals surface area (Å²) in [6, 6.07) is 0. The minimum absolute atomic E-state index is 0.00844. The van der Waals surface area contributed by atoms with E-state index in [2.05, 4.69) is 34.6 Å². The quantitative estimate of drug-likeness (QED) is 0.201. The molecular weight excluding hydrogens is 817 g/mol. The first-order valence-electron chi connectivity index (χ1n) is 24.1. The second-order valence-electron chi connectivity index (χ2n) is 21.7. The molecule has 0 saturated carbocycles. The number of carboxylic acids is 1. The average Bonchev–Trinajstić information content (AvgIpc) is 3.92. The number of carbonyl (C=O) groups is 1. The minimum Gasteiger partial charge on any atom is -0.481 e. The maximum Gasteiger partial charge on any atom is 0.311 e. The Bertz CT molecular complexity index is 1580. The summed E-state index contributed by atoms with van der Waals surface area (Å²) in [5.74, 6) is -7.38. The summed E-state index contributed by atoms with van der Waals surface area (Å²) in [5, 5.41) is 33.0. The number of hydrogen-bond acceptors (Lipinski definition) is 14. The van der Waals surface area contributed by atoms with E-state index in [1.807, 2.05) is 20.8 Å². The second-order valence-corrected chi connectivity index (χ2v) is 21.7. The van der Waals surface area contributed by atoms with E-state index in [4.69, 9.17) is 52.1 Å². The van der Waals surface area contributed by atoms with Gasteiger partial charge in [-0.2, -0.15) is 0 Å². The van der Waals surface area contributed by atoms with Crippen molar-refractivity contribution >= 4 is 5.97 Å². The maximum absolute atomic E-state index is 12.2. The van der Waals surface area contributed by atoms with Gasteiger partial charge in [0.25, 0.3) is 0 Å². The Morgan fingerprint density at radius 3 is 2.08 bits per heavy atom. The standard InChI is InChI=1S/C48H82O15/c1-24-19-25(2)46(11,51)61-40(24)34-15-17-38(57-34)44(9)23-37(58-39-18-16-33(53-12)31(8)56-39)42(62-44)45(10)22-26(3)48(63-45)28(5)36(54-13)21-32(59-48)20-35-27(4)41(55-14)29(6)47(52,60-35)30(7)43(49)50/h24-42,51-52H,15-23H2,1-14H3,(H,49,50)/t24-,25+,26+,27+,28+,29-,30-,31+,32?,33-,34+,35-,36+,37?,38+,39-,40-,41+,42+,44-,45-,46-,47-,48?/m0/s1. The Labute approximate surface area is 376 Å². The van der Waals surface area contributed by atoms with E-state index in [9.17, 15) is 20.1 Å². The predicted molar refractivity (Wildman–Crippen MR) is 229 cm³/mol. The van der Waals surface area contributed by atoms with E-state index in [1.165, 1.54) is 6.92 Å². The van der Waals surface area contributed by atoms with E-state index in [0.29, 0.717) is 32.1 Å². The van der Waals surface area contributed by atoms with Crippen molar-refractivity contribution < 1.29 is 72.2 Å². The second kappa shape index (κ2) is 18.5. The highest BCUT2D eigenvalue weighted by Gasteiger charge is 2.67. The third-order valence-electron chi connectivity index (χ3n) is 17.3. The topological polar surface area (TPSA) is 179 Å². The van der Waals surface area contributed by atoms with Crippen molar-refractivity contribution in [1.29, 1.82) is 0 Å². The van der Waals surface area contributed by atoms with Crippen LogP contribution in [0.25, 0.3) is 0 Å². The molecule has 3 unspecified atom stereocenters. The smallest absolute Gasteiger partial charge is 0.311 e. The number of ether oxygens (including phenoxy) is 11. The summed E-state index contributed by atoms with van der Waals surface area (Å²) in [5.41, 5.74) is -1.61. The Kier molecular flexibility index (Phi) is 14.6. The van der Waals surface area contributed by atoms with Crippen LogP contribution in [0.2, 0.25) is 0 Å². The van der Waals surface area contributed by atoms with E-state index in [-0.39, 0.29) is 66.2 Å². The molecule has 0 aromatic carbocycles. The Balaban J connectivity index is 1.14. The molecule has 0 amide bonds. The van der Waals surface area contributed by atoms with E-state index < -0.39 is 83.2 Å². The van der Waals surface area contributed by atoms with Gasteiger partial charge in [0, 0.05) is 76.6 Å². The van der Waals surface area contributed by atoms with Crippen molar-refractivity contribution in [3.05, 3.63) is 0 Å². The molecule has 0 aliphatic carbocycles. The van der Waals surface area contributed by atoms with Gasteiger partial charge in [-0.05, 0) is 72.6 Å². The molecule has 15 heteroatoms. The Morgan fingerprint density at radius 1 is 0.746 bits per heavy atom. The van der Waals surface area contributed by atoms with Crippen molar-refractivity contribution in [3.63, 3.8) is 0 Å². The molecule has 7 heterocycles. The fourth-order valence-corrected chi connectivity index (χ4v) is 13.2. The van der Waals surface area contributed by atoms with Crippen molar-refractivity contribution in [2.45, 2.75) is 236 Å². The van der Waals surface area contributed by atoms with Gasteiger partial charge in [0.05, 0.1) is 72.2 Å². The third-order valence-corrected chi connectivity index (χ3v) is 17.3. The van der Waals surface area contributed by atoms with Crippen molar-refractivity contribution in [1.82, 2.24) is 0 Å². The van der Waals surface area contributed by atoms with Gasteiger partial charge in [-0.15, -0.1) is 0 Å². The van der Waals surface area contributed by atoms with Crippen LogP contribution in [0.15, 0.2) is 0 Å². The highest BCUT2D eigenvalue weighted by atomic mass is 16.7. The largest absolute Gasteiger partial charge is 0.481 e. The van der Waals surface area contributed by atoms with Gasteiger partial charge >= 0.3 is 5.97 Å². The number of aliphatic hydroxyl groups is 2. The summed E-state index contributed by atoms with van der Waals surface area (Å²) in [4.78, 5) is 12.2. The minimum atomic E-state index is -1.95. The normalized spacial score (nSPS) is 54.7. The Hall–Kier alpha value is -1.05. The molecule has 7 aliphatic heterocycles. The number of aliphatic carboxylic acids is 1. The first kappa shape index (κ1) is 49.8. The molecule has 63 heavy (non-hydrogen) atoms. The van der Waals surface area contributed by atoms with Crippen LogP contribution in [0.5, 0.6) is 0 Å². The average molecular weight is 899 g/mol. The van der Waals surface area contributed by atoms with Gasteiger partial charge in [0.1, 0.15) is 12.0 Å². The lowest BCUT2D eigenvalue weighted by Crippen LogP contribution is -2.63. The summed E-state index contributed by atoms with van der Waals surface area (Å²) < 4.78 is 73.1. The molecule has 24 atom stereocenters. The molecule has 0 aromatic rings. The first-order chi connectivity index (χ1) is 29.5.